The first-order valence-electron chi connectivity index (χ1n) is 12.4. The lowest BCUT2D eigenvalue weighted by Crippen LogP contribution is -2.36. The quantitative estimate of drug-likeness (QED) is 0.428. The molecule has 1 aliphatic rings. The molecule has 5 nitrogen and oxygen atoms in total. The highest BCUT2D eigenvalue weighted by Gasteiger charge is 2.34. The molecule has 35 heavy (non-hydrogen) atoms. The van der Waals surface area contributed by atoms with Crippen molar-refractivity contribution in [1.29, 1.82) is 0 Å². The molecular formula is C30H37N3O2. The zero-order valence-corrected chi connectivity index (χ0v) is 21.8. The zero-order chi connectivity index (χ0) is 25.4. The fourth-order valence-electron chi connectivity index (χ4n) is 4.43. The van der Waals surface area contributed by atoms with Gasteiger partial charge in [0.25, 0.3) is 0 Å². The third-order valence-corrected chi connectivity index (χ3v) is 6.44. The summed E-state index contributed by atoms with van der Waals surface area (Å²) in [5.41, 5.74) is 6.12. The molecule has 1 aliphatic heterocycles. The maximum Gasteiger partial charge on any atom is 0.410 e. The number of hydrogen-bond acceptors (Lipinski definition) is 3. The van der Waals surface area contributed by atoms with Gasteiger partial charge in [0.15, 0.2) is 0 Å². The maximum atomic E-state index is 12.7. The number of H-pyrrole nitrogens is 1. The Bertz CT molecular complexity index is 1190. The number of aromatic nitrogens is 2. The Hall–Kier alpha value is -3.34. The summed E-state index contributed by atoms with van der Waals surface area (Å²) in [6.45, 7) is 17.3. The predicted octanol–water partition coefficient (Wildman–Crippen LogP) is 7.51. The number of benzene rings is 2. The minimum absolute atomic E-state index is 0.0891. The summed E-state index contributed by atoms with van der Waals surface area (Å²) < 4.78 is 5.60. The van der Waals surface area contributed by atoms with Crippen LogP contribution in [0.4, 0.5) is 4.79 Å². The topological polar surface area (TPSA) is 58.2 Å². The van der Waals surface area contributed by atoms with Gasteiger partial charge in [-0.15, -0.1) is 0 Å². The van der Waals surface area contributed by atoms with Crippen molar-refractivity contribution in [3.05, 3.63) is 83.8 Å². The van der Waals surface area contributed by atoms with Crippen molar-refractivity contribution >= 4 is 11.7 Å². The summed E-state index contributed by atoms with van der Waals surface area (Å²) in [7, 11) is 0. The smallest absolute Gasteiger partial charge is 0.410 e. The normalized spacial score (nSPS) is 16.4. The molecule has 1 amide bonds. The lowest BCUT2D eigenvalue weighted by Gasteiger charge is -2.27. The van der Waals surface area contributed by atoms with Crippen molar-refractivity contribution in [2.45, 2.75) is 71.4 Å². The van der Waals surface area contributed by atoms with Crippen LogP contribution in [0.3, 0.4) is 0 Å². The molecule has 2 aromatic carbocycles. The Morgan fingerprint density at radius 1 is 1.00 bits per heavy atom. The second kappa shape index (κ2) is 9.37. The SMILES string of the molecule is C=C(c1ccc(-c2cnc([C@@H]3CCCN3C(=O)OC(C)(C)C)[nH]2)cc1)c1ccc(C(C)(C)C)cc1. The molecule has 0 saturated carbocycles. The minimum atomic E-state index is -0.515. The Morgan fingerprint density at radius 3 is 2.17 bits per heavy atom. The van der Waals surface area contributed by atoms with E-state index in [1.165, 1.54) is 5.56 Å². The lowest BCUT2D eigenvalue weighted by atomic mass is 9.86. The van der Waals surface area contributed by atoms with Gasteiger partial charge in [-0.05, 0) is 66.9 Å². The molecule has 0 bridgehead atoms. The van der Waals surface area contributed by atoms with Crippen molar-refractivity contribution in [3.63, 3.8) is 0 Å². The molecule has 0 spiro atoms. The van der Waals surface area contributed by atoms with E-state index in [1.807, 2.05) is 27.0 Å². The highest BCUT2D eigenvalue weighted by molar-refractivity contribution is 5.79. The maximum absolute atomic E-state index is 12.7. The summed E-state index contributed by atoms with van der Waals surface area (Å²) >= 11 is 0. The molecule has 1 atom stereocenters. The van der Waals surface area contributed by atoms with E-state index in [0.717, 1.165) is 46.6 Å². The molecule has 1 saturated heterocycles. The number of imidazole rings is 1. The van der Waals surface area contributed by atoms with Gasteiger partial charge in [0.1, 0.15) is 11.4 Å². The first kappa shape index (κ1) is 24.8. The number of nitrogens with zero attached hydrogens (tertiary/aromatic N) is 2. The van der Waals surface area contributed by atoms with Crippen LogP contribution in [0.15, 0.2) is 61.3 Å². The van der Waals surface area contributed by atoms with Crippen LogP contribution in [0.1, 0.15) is 82.9 Å². The highest BCUT2D eigenvalue weighted by Crippen LogP contribution is 2.33. The van der Waals surface area contributed by atoms with Gasteiger partial charge in [-0.25, -0.2) is 9.78 Å². The Morgan fingerprint density at radius 2 is 1.60 bits per heavy atom. The van der Waals surface area contributed by atoms with Crippen LogP contribution in [0.5, 0.6) is 0 Å². The number of nitrogens with one attached hydrogen (secondary N) is 1. The monoisotopic (exact) mass is 471 g/mol. The molecule has 1 fully saturated rings. The number of carbonyl (C=O) groups excluding carboxylic acids is 1. The Labute approximate surface area is 209 Å². The Kier molecular flexibility index (Phi) is 6.63. The van der Waals surface area contributed by atoms with Gasteiger partial charge in [-0.1, -0.05) is 75.9 Å². The molecular weight excluding hydrogens is 434 g/mol. The Balaban J connectivity index is 1.47. The first-order chi connectivity index (χ1) is 16.4. The first-order valence-corrected chi connectivity index (χ1v) is 12.4. The van der Waals surface area contributed by atoms with Crippen LogP contribution in [0.2, 0.25) is 0 Å². The van der Waals surface area contributed by atoms with Crippen molar-refractivity contribution in [3.8, 4) is 11.3 Å². The number of aromatic amines is 1. The molecule has 1 N–H and O–H groups in total. The second-order valence-corrected chi connectivity index (χ2v) is 11.4. The lowest BCUT2D eigenvalue weighted by molar-refractivity contribution is 0.0218. The average molecular weight is 472 g/mol. The van der Waals surface area contributed by atoms with Crippen LogP contribution in [-0.2, 0) is 10.2 Å². The van der Waals surface area contributed by atoms with Crippen LogP contribution >= 0.6 is 0 Å². The number of rotatable bonds is 4. The molecule has 4 rings (SSSR count). The van der Waals surface area contributed by atoms with Crippen LogP contribution in [0.25, 0.3) is 16.8 Å². The van der Waals surface area contributed by atoms with Crippen molar-refractivity contribution in [1.82, 2.24) is 14.9 Å². The van der Waals surface area contributed by atoms with Gasteiger partial charge in [0.05, 0.1) is 17.9 Å². The minimum Gasteiger partial charge on any atom is -0.444 e. The third-order valence-electron chi connectivity index (χ3n) is 6.44. The largest absolute Gasteiger partial charge is 0.444 e. The van der Waals surface area contributed by atoms with Crippen LogP contribution in [-0.4, -0.2) is 33.1 Å². The second-order valence-electron chi connectivity index (χ2n) is 11.4. The van der Waals surface area contributed by atoms with Crippen molar-refractivity contribution < 1.29 is 9.53 Å². The summed E-state index contributed by atoms with van der Waals surface area (Å²) in [4.78, 5) is 22.5. The fraction of sp³-hybridized carbons (Fsp3) is 0.400. The van der Waals surface area contributed by atoms with E-state index in [0.29, 0.717) is 6.54 Å². The van der Waals surface area contributed by atoms with Gasteiger partial charge in [-0.3, -0.25) is 4.90 Å². The number of amides is 1. The molecule has 0 unspecified atom stereocenters. The molecule has 1 aromatic heterocycles. The fourth-order valence-corrected chi connectivity index (χ4v) is 4.43. The molecule has 0 aliphatic carbocycles. The number of ether oxygens (including phenoxy) is 1. The molecule has 2 heterocycles. The van der Waals surface area contributed by atoms with Gasteiger partial charge in [0.2, 0.25) is 0 Å². The number of hydrogen-bond donors (Lipinski definition) is 1. The standard InChI is InChI=1S/C30H37N3O2/c1-20(22-14-16-24(17-15-22)29(2,3)4)21-10-12-23(13-11-21)25-19-31-27(32-25)26-9-8-18-33(26)28(34)35-30(5,6)7/h10-17,19,26H,1,8-9,18H2,2-7H3,(H,31,32)/t26-/m0/s1. The van der Waals surface area contributed by atoms with Gasteiger partial charge in [0, 0.05) is 6.54 Å². The van der Waals surface area contributed by atoms with Crippen molar-refractivity contribution in [2.24, 2.45) is 0 Å². The van der Waals surface area contributed by atoms with Crippen molar-refractivity contribution in [2.75, 3.05) is 6.54 Å². The highest BCUT2D eigenvalue weighted by atomic mass is 16.6. The number of carbonyl (C=O) groups is 1. The molecule has 5 heteroatoms. The summed E-state index contributed by atoms with van der Waals surface area (Å²) in [5, 5.41) is 0. The van der Waals surface area contributed by atoms with E-state index in [2.05, 4.69) is 85.8 Å². The summed E-state index contributed by atoms with van der Waals surface area (Å²) in [5.74, 6) is 0.802. The molecule has 0 radical (unpaired) electrons. The van der Waals surface area contributed by atoms with Gasteiger partial charge >= 0.3 is 6.09 Å². The van der Waals surface area contributed by atoms with E-state index in [1.54, 1.807) is 4.90 Å². The molecule has 3 aromatic rings. The predicted molar refractivity (Wildman–Crippen MR) is 142 cm³/mol. The summed E-state index contributed by atoms with van der Waals surface area (Å²) in [6.07, 6.45) is 3.37. The van der Waals surface area contributed by atoms with E-state index in [9.17, 15) is 4.79 Å². The zero-order valence-electron chi connectivity index (χ0n) is 21.8. The van der Waals surface area contributed by atoms with E-state index < -0.39 is 5.60 Å². The van der Waals surface area contributed by atoms with Gasteiger partial charge < -0.3 is 9.72 Å². The van der Waals surface area contributed by atoms with E-state index >= 15 is 0 Å². The van der Waals surface area contributed by atoms with Crippen LogP contribution < -0.4 is 0 Å². The van der Waals surface area contributed by atoms with Gasteiger partial charge in [-0.2, -0.15) is 0 Å². The third kappa shape index (κ3) is 5.67. The summed E-state index contributed by atoms with van der Waals surface area (Å²) in [6, 6.07) is 16.9. The molecule has 184 valence electrons. The van der Waals surface area contributed by atoms with Crippen LogP contribution in [0, 0.1) is 0 Å². The number of likely N-dealkylation sites (tertiary alicyclic amines) is 1. The van der Waals surface area contributed by atoms with E-state index in [-0.39, 0.29) is 17.6 Å². The van der Waals surface area contributed by atoms with E-state index in [4.69, 9.17) is 4.74 Å². The average Bonchev–Trinajstić information content (AvgIpc) is 3.47.